The number of phenols is 1. The summed E-state index contributed by atoms with van der Waals surface area (Å²) in [6.07, 6.45) is 0. The van der Waals surface area contributed by atoms with Crippen LogP contribution in [0.25, 0.3) is 22.3 Å². The van der Waals surface area contributed by atoms with Gasteiger partial charge >= 0.3 is 0 Å². The van der Waals surface area contributed by atoms with E-state index in [-0.39, 0.29) is 33.1 Å². The molecule has 28 heavy (non-hydrogen) atoms. The Bertz CT molecular complexity index is 1330. The summed E-state index contributed by atoms with van der Waals surface area (Å²) >= 11 is 0. The van der Waals surface area contributed by atoms with E-state index < -0.39 is 10.0 Å². The molecule has 0 aliphatic carbocycles. The van der Waals surface area contributed by atoms with Crippen LogP contribution in [0.5, 0.6) is 5.75 Å². The quantitative estimate of drug-likeness (QED) is 0.512. The van der Waals surface area contributed by atoms with Gasteiger partial charge in [-0.1, -0.05) is 30.3 Å². The van der Waals surface area contributed by atoms with Crippen LogP contribution in [0.3, 0.4) is 0 Å². The largest absolute Gasteiger partial charge is 0.508 e. The lowest BCUT2D eigenvalue weighted by atomic mass is 10.1. The third-order valence-corrected chi connectivity index (χ3v) is 5.58. The second-order valence-corrected chi connectivity index (χ2v) is 7.80. The summed E-state index contributed by atoms with van der Waals surface area (Å²) < 4.78 is 33.7. The van der Waals surface area contributed by atoms with Crippen molar-refractivity contribution in [2.45, 2.75) is 4.90 Å². The van der Waals surface area contributed by atoms with Crippen LogP contribution in [0.4, 0.5) is 5.69 Å². The number of rotatable bonds is 4. The Morgan fingerprint density at radius 3 is 2.36 bits per heavy atom. The van der Waals surface area contributed by atoms with Crippen molar-refractivity contribution in [3.05, 3.63) is 89.1 Å². The van der Waals surface area contributed by atoms with Crippen molar-refractivity contribution in [3.63, 3.8) is 0 Å². The minimum absolute atomic E-state index is 0.0894. The van der Waals surface area contributed by atoms with Gasteiger partial charge in [0, 0.05) is 11.6 Å². The van der Waals surface area contributed by atoms with Crippen molar-refractivity contribution in [3.8, 4) is 17.1 Å². The number of sulfonamides is 1. The average Bonchev–Trinajstić information content (AvgIpc) is 2.70. The van der Waals surface area contributed by atoms with Crippen LogP contribution in [0.2, 0.25) is 0 Å². The van der Waals surface area contributed by atoms with Gasteiger partial charge in [-0.25, -0.2) is 8.42 Å². The average molecular weight is 393 g/mol. The molecule has 1 aromatic heterocycles. The Balaban J connectivity index is 1.85. The third-order valence-electron chi connectivity index (χ3n) is 4.20. The lowest BCUT2D eigenvalue weighted by molar-refractivity contribution is 0.475. The molecule has 0 bridgehead atoms. The van der Waals surface area contributed by atoms with Gasteiger partial charge in [0.15, 0.2) is 5.43 Å². The highest BCUT2D eigenvalue weighted by molar-refractivity contribution is 7.92. The standard InChI is InChI=1S/C21H15NO5S/c23-14-10-11-18(22-28(25,26)15-6-2-1-3-7-15)17(12-14)21-13-19(24)16-8-4-5-9-20(16)27-21/h1-13,22-23H. The third kappa shape index (κ3) is 3.35. The van der Waals surface area contributed by atoms with Gasteiger partial charge in [-0.05, 0) is 42.5 Å². The van der Waals surface area contributed by atoms with E-state index in [0.29, 0.717) is 11.0 Å². The van der Waals surface area contributed by atoms with E-state index in [9.17, 15) is 18.3 Å². The van der Waals surface area contributed by atoms with E-state index in [2.05, 4.69) is 4.72 Å². The van der Waals surface area contributed by atoms with Crippen molar-refractivity contribution in [1.29, 1.82) is 0 Å². The second kappa shape index (κ2) is 6.86. The van der Waals surface area contributed by atoms with Gasteiger partial charge in [-0.3, -0.25) is 9.52 Å². The van der Waals surface area contributed by atoms with E-state index in [1.807, 2.05) is 0 Å². The number of aromatic hydroxyl groups is 1. The molecule has 140 valence electrons. The van der Waals surface area contributed by atoms with Crippen LogP contribution in [0.1, 0.15) is 0 Å². The molecule has 0 aliphatic rings. The number of benzene rings is 3. The maximum absolute atomic E-state index is 12.7. The number of phenolic OH excluding ortho intramolecular Hbond substituents is 1. The maximum Gasteiger partial charge on any atom is 0.261 e. The van der Waals surface area contributed by atoms with Gasteiger partial charge in [0.25, 0.3) is 10.0 Å². The molecule has 1 heterocycles. The van der Waals surface area contributed by atoms with Gasteiger partial charge in [-0.15, -0.1) is 0 Å². The molecule has 0 aliphatic heterocycles. The Morgan fingerprint density at radius 1 is 0.857 bits per heavy atom. The molecule has 7 heteroatoms. The van der Waals surface area contributed by atoms with E-state index in [4.69, 9.17) is 4.42 Å². The summed E-state index contributed by atoms with van der Waals surface area (Å²) in [5, 5.41) is 10.3. The first kappa shape index (κ1) is 17.8. The molecule has 0 atom stereocenters. The molecule has 0 saturated heterocycles. The number of hydrogen-bond donors (Lipinski definition) is 2. The first-order chi connectivity index (χ1) is 13.4. The predicted molar refractivity (Wildman–Crippen MR) is 107 cm³/mol. The lowest BCUT2D eigenvalue weighted by Gasteiger charge is -2.13. The van der Waals surface area contributed by atoms with Crippen molar-refractivity contribution in [1.82, 2.24) is 0 Å². The van der Waals surface area contributed by atoms with Gasteiger partial charge in [-0.2, -0.15) is 0 Å². The smallest absolute Gasteiger partial charge is 0.261 e. The Hall–Kier alpha value is -3.58. The zero-order valence-corrected chi connectivity index (χ0v) is 15.3. The molecular weight excluding hydrogens is 378 g/mol. The molecular formula is C21H15NO5S. The zero-order valence-electron chi connectivity index (χ0n) is 14.5. The molecule has 3 aromatic carbocycles. The Morgan fingerprint density at radius 2 is 1.57 bits per heavy atom. The molecule has 4 aromatic rings. The van der Waals surface area contributed by atoms with E-state index in [0.717, 1.165) is 0 Å². The first-order valence-electron chi connectivity index (χ1n) is 8.38. The lowest BCUT2D eigenvalue weighted by Crippen LogP contribution is -2.13. The summed E-state index contributed by atoms with van der Waals surface area (Å²) in [4.78, 5) is 12.5. The molecule has 6 nitrogen and oxygen atoms in total. The predicted octanol–water partition coefficient (Wildman–Crippen LogP) is 3.97. The van der Waals surface area contributed by atoms with Crippen LogP contribution in [0, 0.1) is 0 Å². The van der Waals surface area contributed by atoms with Crippen molar-refractivity contribution in [2.24, 2.45) is 0 Å². The Kier molecular flexibility index (Phi) is 4.37. The minimum Gasteiger partial charge on any atom is -0.508 e. The van der Waals surface area contributed by atoms with Crippen molar-refractivity contribution >= 4 is 26.7 Å². The van der Waals surface area contributed by atoms with Gasteiger partial charge < -0.3 is 9.52 Å². The molecule has 0 spiro atoms. The number of nitrogens with one attached hydrogen (secondary N) is 1. The first-order valence-corrected chi connectivity index (χ1v) is 9.86. The highest BCUT2D eigenvalue weighted by atomic mass is 32.2. The maximum atomic E-state index is 12.7. The fraction of sp³-hybridized carbons (Fsp3) is 0. The van der Waals surface area contributed by atoms with E-state index in [1.54, 1.807) is 42.5 Å². The van der Waals surface area contributed by atoms with Crippen LogP contribution in [-0.4, -0.2) is 13.5 Å². The molecule has 0 fully saturated rings. The highest BCUT2D eigenvalue weighted by Crippen LogP contribution is 2.33. The van der Waals surface area contributed by atoms with Gasteiger partial charge in [0.2, 0.25) is 0 Å². The van der Waals surface area contributed by atoms with Crippen LogP contribution in [-0.2, 0) is 10.0 Å². The van der Waals surface area contributed by atoms with Crippen molar-refractivity contribution < 1.29 is 17.9 Å². The number of anilines is 1. The SMILES string of the molecule is O=c1cc(-c2cc(O)ccc2NS(=O)(=O)c2ccccc2)oc2ccccc12. The highest BCUT2D eigenvalue weighted by Gasteiger charge is 2.18. The number of hydrogen-bond acceptors (Lipinski definition) is 5. The van der Waals surface area contributed by atoms with Gasteiger partial charge in [0.1, 0.15) is 17.1 Å². The van der Waals surface area contributed by atoms with Crippen LogP contribution >= 0.6 is 0 Å². The topological polar surface area (TPSA) is 96.6 Å². The fourth-order valence-electron chi connectivity index (χ4n) is 2.87. The second-order valence-electron chi connectivity index (χ2n) is 6.12. The number of para-hydroxylation sites is 1. The molecule has 2 N–H and O–H groups in total. The minimum atomic E-state index is -3.86. The summed E-state index contributed by atoms with van der Waals surface area (Å²) in [5.41, 5.74) is 0.532. The number of fused-ring (bicyclic) bond motifs is 1. The van der Waals surface area contributed by atoms with E-state index in [1.165, 1.54) is 36.4 Å². The van der Waals surface area contributed by atoms with E-state index >= 15 is 0 Å². The van der Waals surface area contributed by atoms with Crippen LogP contribution < -0.4 is 10.2 Å². The molecule has 0 amide bonds. The molecule has 4 rings (SSSR count). The van der Waals surface area contributed by atoms with Crippen molar-refractivity contribution in [2.75, 3.05) is 4.72 Å². The molecule has 0 unspecified atom stereocenters. The summed E-state index contributed by atoms with van der Waals surface area (Å²) in [6, 6.07) is 20.0. The Labute approximate surface area is 160 Å². The molecule has 0 saturated carbocycles. The van der Waals surface area contributed by atoms with Crippen LogP contribution in [0.15, 0.2) is 93.0 Å². The summed E-state index contributed by atoms with van der Waals surface area (Å²) in [5.74, 6) is 0.0545. The fourth-order valence-corrected chi connectivity index (χ4v) is 3.97. The normalized spacial score (nSPS) is 11.4. The van der Waals surface area contributed by atoms with Gasteiger partial charge in [0.05, 0.1) is 16.0 Å². The molecule has 0 radical (unpaired) electrons. The monoisotopic (exact) mass is 393 g/mol. The zero-order chi connectivity index (χ0) is 19.7. The summed E-state index contributed by atoms with van der Waals surface area (Å²) in [7, 11) is -3.86. The summed E-state index contributed by atoms with van der Waals surface area (Å²) in [6.45, 7) is 0.